The Kier molecular flexibility index (Phi) is 2.65. The van der Waals surface area contributed by atoms with E-state index in [1.807, 2.05) is 0 Å². The van der Waals surface area contributed by atoms with Crippen molar-refractivity contribution in [2.75, 3.05) is 11.5 Å². The molecule has 0 nitrogen and oxygen atoms in total. The van der Waals surface area contributed by atoms with Crippen LogP contribution >= 0.6 is 11.8 Å². The Hall–Kier alpha value is 0.0900. The van der Waals surface area contributed by atoms with Gasteiger partial charge in [-0.1, -0.05) is 18.1 Å². The van der Waals surface area contributed by atoms with Gasteiger partial charge >= 0.3 is 0 Å². The van der Waals surface area contributed by atoms with E-state index in [1.165, 1.54) is 24.3 Å². The summed E-state index contributed by atoms with van der Waals surface area (Å²) < 4.78 is 0. The van der Waals surface area contributed by atoms with Gasteiger partial charge in [0.15, 0.2) is 0 Å². The second-order valence-corrected chi connectivity index (χ2v) is 3.65. The summed E-state index contributed by atoms with van der Waals surface area (Å²) in [5.41, 5.74) is 3.34. The van der Waals surface area contributed by atoms with Crippen molar-refractivity contribution in [3.63, 3.8) is 0 Å². The van der Waals surface area contributed by atoms with Gasteiger partial charge in [-0.2, -0.15) is 11.8 Å². The van der Waals surface area contributed by atoms with Gasteiger partial charge < -0.3 is 0 Å². The minimum atomic E-state index is 1.25. The molecule has 0 spiro atoms. The van der Waals surface area contributed by atoms with Gasteiger partial charge in [0.25, 0.3) is 0 Å². The van der Waals surface area contributed by atoms with Crippen molar-refractivity contribution >= 4 is 11.8 Å². The summed E-state index contributed by atoms with van der Waals surface area (Å²) in [6, 6.07) is 0. The van der Waals surface area contributed by atoms with Crippen molar-refractivity contribution in [2.24, 2.45) is 0 Å². The van der Waals surface area contributed by atoms with E-state index < -0.39 is 0 Å². The highest BCUT2D eigenvalue weighted by atomic mass is 32.2. The molecule has 0 aliphatic carbocycles. The molecule has 0 aromatic carbocycles. The van der Waals surface area contributed by atoms with Gasteiger partial charge in [0.1, 0.15) is 0 Å². The zero-order valence-electron chi connectivity index (χ0n) is 6.24. The molecule has 0 aromatic heterocycles. The lowest BCUT2D eigenvalue weighted by molar-refractivity contribution is 1.02. The van der Waals surface area contributed by atoms with Crippen molar-refractivity contribution in [1.82, 2.24) is 0 Å². The van der Waals surface area contributed by atoms with Gasteiger partial charge in [0, 0.05) is 5.75 Å². The summed E-state index contributed by atoms with van der Waals surface area (Å²) in [5.74, 6) is 2.66. The van der Waals surface area contributed by atoms with Gasteiger partial charge in [-0.3, -0.25) is 0 Å². The quantitative estimate of drug-likeness (QED) is 0.507. The molecule has 9 heavy (non-hydrogen) atoms. The van der Waals surface area contributed by atoms with Gasteiger partial charge in [-0.05, 0) is 25.5 Å². The Morgan fingerprint density at radius 2 is 2.44 bits per heavy atom. The highest BCUT2D eigenvalue weighted by molar-refractivity contribution is 7.99. The first-order chi connectivity index (χ1) is 4.34. The normalized spacial score (nSPS) is 24.7. The Labute approximate surface area is 61.7 Å². The van der Waals surface area contributed by atoms with Crippen LogP contribution in [-0.4, -0.2) is 11.5 Å². The van der Waals surface area contributed by atoms with E-state index in [9.17, 15) is 0 Å². The average molecular weight is 142 g/mol. The lowest BCUT2D eigenvalue weighted by atomic mass is 10.1. The molecule has 0 radical (unpaired) electrons. The van der Waals surface area contributed by atoms with Crippen LogP contribution in [-0.2, 0) is 0 Å². The van der Waals surface area contributed by atoms with Crippen LogP contribution in [0.5, 0.6) is 0 Å². The summed E-state index contributed by atoms with van der Waals surface area (Å²) >= 11 is 2.07. The molecule has 1 heterocycles. The molecule has 0 saturated carbocycles. The predicted octanol–water partition coefficient (Wildman–Crippen LogP) is 2.85. The molecule has 0 atom stereocenters. The van der Waals surface area contributed by atoms with E-state index in [2.05, 4.69) is 25.6 Å². The number of hydrogen-bond donors (Lipinski definition) is 0. The van der Waals surface area contributed by atoms with Crippen molar-refractivity contribution in [1.29, 1.82) is 0 Å². The Balaban J connectivity index is 2.55. The van der Waals surface area contributed by atoms with Crippen LogP contribution < -0.4 is 0 Å². The average Bonchev–Trinajstić information content (AvgIpc) is 2.37. The molecule has 1 heteroatoms. The van der Waals surface area contributed by atoms with E-state index >= 15 is 0 Å². The largest absolute Gasteiger partial charge is 0.157 e. The van der Waals surface area contributed by atoms with E-state index in [1.54, 1.807) is 11.1 Å². The van der Waals surface area contributed by atoms with E-state index in [0.717, 1.165) is 0 Å². The molecule has 1 aliphatic rings. The highest BCUT2D eigenvalue weighted by Crippen LogP contribution is 2.26. The smallest absolute Gasteiger partial charge is 0.0146 e. The first-order valence-corrected chi connectivity index (χ1v) is 4.75. The van der Waals surface area contributed by atoms with Crippen molar-refractivity contribution < 1.29 is 0 Å². The van der Waals surface area contributed by atoms with Crippen LogP contribution in [0, 0.1) is 0 Å². The molecule has 0 amide bonds. The molecule has 0 aromatic rings. The fourth-order valence-electron chi connectivity index (χ4n) is 1.05. The Morgan fingerprint density at radius 3 is 2.89 bits per heavy atom. The maximum absolute atomic E-state index is 2.27. The van der Waals surface area contributed by atoms with Gasteiger partial charge in [-0.25, -0.2) is 0 Å². The van der Waals surface area contributed by atoms with Gasteiger partial charge in [0.05, 0.1) is 0 Å². The summed E-state index contributed by atoms with van der Waals surface area (Å²) in [4.78, 5) is 0. The lowest BCUT2D eigenvalue weighted by Crippen LogP contribution is -1.83. The van der Waals surface area contributed by atoms with Crippen LogP contribution in [0.15, 0.2) is 11.1 Å². The third kappa shape index (κ3) is 1.75. The maximum Gasteiger partial charge on any atom is 0.0146 e. The second kappa shape index (κ2) is 3.31. The van der Waals surface area contributed by atoms with E-state index in [4.69, 9.17) is 0 Å². The van der Waals surface area contributed by atoms with Crippen LogP contribution in [0.3, 0.4) is 0 Å². The van der Waals surface area contributed by atoms with Gasteiger partial charge in [0.2, 0.25) is 0 Å². The second-order valence-electron chi connectivity index (χ2n) is 2.54. The molecule has 52 valence electrons. The molecule has 1 fully saturated rings. The van der Waals surface area contributed by atoms with Crippen LogP contribution in [0.25, 0.3) is 0 Å². The highest BCUT2D eigenvalue weighted by Gasteiger charge is 2.08. The van der Waals surface area contributed by atoms with Crippen molar-refractivity contribution in [3.05, 3.63) is 11.1 Å². The van der Waals surface area contributed by atoms with E-state index in [-0.39, 0.29) is 0 Å². The summed E-state index contributed by atoms with van der Waals surface area (Å²) in [7, 11) is 0. The molecule has 1 rings (SSSR count). The van der Waals surface area contributed by atoms with Crippen LogP contribution in [0.4, 0.5) is 0 Å². The van der Waals surface area contributed by atoms with Crippen molar-refractivity contribution in [3.8, 4) is 0 Å². The van der Waals surface area contributed by atoms with Crippen molar-refractivity contribution in [2.45, 2.75) is 26.7 Å². The lowest BCUT2D eigenvalue weighted by Gasteiger charge is -1.99. The molecular formula is C8H14S. The number of hydrogen-bond acceptors (Lipinski definition) is 1. The third-order valence-electron chi connectivity index (χ3n) is 1.96. The predicted molar refractivity (Wildman–Crippen MR) is 44.9 cm³/mol. The summed E-state index contributed by atoms with van der Waals surface area (Å²) in [5, 5.41) is 0. The fraction of sp³-hybridized carbons (Fsp3) is 0.750. The molecule has 0 N–H and O–H groups in total. The van der Waals surface area contributed by atoms with Gasteiger partial charge in [-0.15, -0.1) is 0 Å². The first kappa shape index (κ1) is 7.20. The number of rotatable bonds is 1. The summed E-state index contributed by atoms with van der Waals surface area (Å²) in [6.45, 7) is 4.51. The first-order valence-electron chi connectivity index (χ1n) is 3.60. The third-order valence-corrected chi connectivity index (χ3v) is 3.00. The minimum Gasteiger partial charge on any atom is -0.157 e. The number of thioether (sulfide) groups is 1. The molecular weight excluding hydrogens is 128 g/mol. The maximum atomic E-state index is 2.27. The topological polar surface area (TPSA) is 0 Å². The molecule has 0 unspecified atom stereocenters. The zero-order valence-corrected chi connectivity index (χ0v) is 7.05. The summed E-state index contributed by atoms with van der Waals surface area (Å²) in [6.07, 6.45) is 2.60. The van der Waals surface area contributed by atoms with Crippen LogP contribution in [0.1, 0.15) is 26.7 Å². The number of allylic oxidation sites excluding steroid dienone is 1. The molecule has 0 bridgehead atoms. The molecule has 1 aliphatic heterocycles. The minimum absolute atomic E-state index is 1.25. The van der Waals surface area contributed by atoms with Crippen LogP contribution in [0.2, 0.25) is 0 Å². The molecule has 1 saturated heterocycles. The fourth-order valence-corrected chi connectivity index (χ4v) is 2.22. The standard InChI is InChI=1S/C8H14S/c1-3-7(2)8-4-5-9-6-8/h3-6H2,1-2H3/b8-7-. The van der Waals surface area contributed by atoms with E-state index in [0.29, 0.717) is 0 Å². The SMILES string of the molecule is CC/C(C)=C1/CCSC1. The zero-order chi connectivity index (χ0) is 6.69. The Morgan fingerprint density at radius 1 is 1.67 bits per heavy atom. The monoisotopic (exact) mass is 142 g/mol. The Bertz CT molecular complexity index is 117.